The van der Waals surface area contributed by atoms with Crippen molar-refractivity contribution in [2.45, 2.75) is 36.8 Å². The van der Waals surface area contributed by atoms with Gasteiger partial charge in [0.2, 0.25) is 0 Å². The Morgan fingerprint density at radius 2 is 1.50 bits per heavy atom. The van der Waals surface area contributed by atoms with Crippen LogP contribution in [0.5, 0.6) is 0 Å². The lowest BCUT2D eigenvalue weighted by atomic mass is 9.90. The standard InChI is InChI=1S/C29H24Cl3NO5/c1-29(36-2)22(13-14-23(29)37-27(34)24-20(31)15-19(30)16-21(24)32)33-25(17-9-5-3-6-10-17)26(38-28(33)35)18-11-7-4-8-12-18/h3-16,22-23,25-26H,1-2H3/t22-,23-,25-,26+,29+/m1/s1. The van der Waals surface area contributed by atoms with Crippen molar-refractivity contribution < 1.29 is 23.8 Å². The van der Waals surface area contributed by atoms with E-state index in [1.54, 1.807) is 24.0 Å². The third kappa shape index (κ3) is 4.67. The number of halogens is 3. The lowest BCUT2D eigenvalue weighted by Gasteiger charge is -2.40. The summed E-state index contributed by atoms with van der Waals surface area (Å²) in [6, 6.07) is 21.0. The fourth-order valence-corrected chi connectivity index (χ4v) is 6.06. The summed E-state index contributed by atoms with van der Waals surface area (Å²) >= 11 is 18.5. The quantitative estimate of drug-likeness (QED) is 0.227. The molecule has 0 N–H and O–H groups in total. The molecule has 0 aromatic heterocycles. The van der Waals surface area contributed by atoms with Crippen molar-refractivity contribution in [3.05, 3.63) is 117 Å². The number of nitrogens with zero attached hydrogens (tertiary/aromatic N) is 1. The number of cyclic esters (lactones) is 1. The number of amides is 1. The van der Waals surface area contributed by atoms with Crippen LogP contribution in [0.25, 0.3) is 0 Å². The van der Waals surface area contributed by atoms with Crippen LogP contribution in [-0.4, -0.2) is 41.8 Å². The number of methoxy groups -OCH3 is 1. The van der Waals surface area contributed by atoms with Crippen LogP contribution in [-0.2, 0) is 14.2 Å². The van der Waals surface area contributed by atoms with E-state index in [1.807, 2.05) is 60.7 Å². The number of carbonyl (C=O) groups excluding carboxylic acids is 2. The average molecular weight is 573 g/mol. The Hall–Kier alpha value is -3.03. The summed E-state index contributed by atoms with van der Waals surface area (Å²) < 4.78 is 17.7. The number of hydrogen-bond acceptors (Lipinski definition) is 5. The van der Waals surface area contributed by atoms with E-state index in [0.717, 1.165) is 11.1 Å². The molecule has 1 heterocycles. The van der Waals surface area contributed by atoms with Crippen molar-refractivity contribution in [2.75, 3.05) is 7.11 Å². The Kier molecular flexibility index (Phi) is 7.43. The number of benzene rings is 3. The molecule has 0 bridgehead atoms. The van der Waals surface area contributed by atoms with Gasteiger partial charge in [-0.1, -0.05) is 102 Å². The molecule has 1 saturated heterocycles. The average Bonchev–Trinajstić information content (AvgIpc) is 3.40. The molecule has 2 aliphatic rings. The summed E-state index contributed by atoms with van der Waals surface area (Å²) in [7, 11) is 1.51. The van der Waals surface area contributed by atoms with Gasteiger partial charge < -0.3 is 14.2 Å². The lowest BCUT2D eigenvalue weighted by Crippen LogP contribution is -2.55. The maximum Gasteiger partial charge on any atom is 0.411 e. The summed E-state index contributed by atoms with van der Waals surface area (Å²) in [5, 5.41) is 0.442. The predicted octanol–water partition coefficient (Wildman–Crippen LogP) is 7.45. The van der Waals surface area contributed by atoms with E-state index < -0.39 is 42.0 Å². The van der Waals surface area contributed by atoms with Gasteiger partial charge in [-0.15, -0.1) is 0 Å². The highest BCUT2D eigenvalue weighted by atomic mass is 35.5. The van der Waals surface area contributed by atoms with Crippen molar-refractivity contribution in [1.29, 1.82) is 0 Å². The highest BCUT2D eigenvalue weighted by molar-refractivity contribution is 6.41. The molecule has 0 unspecified atom stereocenters. The minimum absolute atomic E-state index is 0.0000719. The normalized spacial score (nSPS) is 26.4. The van der Waals surface area contributed by atoms with Crippen molar-refractivity contribution in [1.82, 2.24) is 4.90 Å². The van der Waals surface area contributed by atoms with Crippen LogP contribution in [0.1, 0.15) is 40.6 Å². The van der Waals surface area contributed by atoms with Crippen LogP contribution in [0.15, 0.2) is 84.9 Å². The number of ether oxygens (including phenoxy) is 3. The zero-order valence-electron chi connectivity index (χ0n) is 20.5. The first-order chi connectivity index (χ1) is 18.2. The third-order valence-corrected chi connectivity index (χ3v) is 7.91. The zero-order chi connectivity index (χ0) is 27.0. The fourth-order valence-electron chi connectivity index (χ4n) is 5.09. The molecule has 5 atom stereocenters. The highest BCUT2D eigenvalue weighted by Gasteiger charge is 2.56. The number of esters is 1. The SMILES string of the molecule is CO[C@]1(C)[C@H](OC(=O)c2c(Cl)cc(Cl)cc2Cl)C=C[C@H]1N1C(=O)O[C@@H](c2ccccc2)[C@H]1c1ccccc1. The molecular weight excluding hydrogens is 549 g/mol. The number of hydrogen-bond donors (Lipinski definition) is 0. The number of rotatable bonds is 6. The third-order valence-electron chi connectivity index (χ3n) is 7.10. The fraction of sp³-hybridized carbons (Fsp3) is 0.241. The van der Waals surface area contributed by atoms with E-state index in [2.05, 4.69) is 0 Å². The molecule has 3 aromatic carbocycles. The predicted molar refractivity (Wildman–Crippen MR) is 146 cm³/mol. The van der Waals surface area contributed by atoms with Gasteiger partial charge in [0.25, 0.3) is 0 Å². The minimum Gasteiger partial charge on any atom is -0.451 e. The van der Waals surface area contributed by atoms with Gasteiger partial charge >= 0.3 is 12.1 Å². The van der Waals surface area contributed by atoms with Crippen LogP contribution < -0.4 is 0 Å². The summed E-state index contributed by atoms with van der Waals surface area (Å²) in [6.07, 6.45) is 1.61. The van der Waals surface area contributed by atoms with E-state index in [0.29, 0.717) is 5.02 Å². The van der Waals surface area contributed by atoms with E-state index in [9.17, 15) is 9.59 Å². The highest BCUT2D eigenvalue weighted by Crippen LogP contribution is 2.48. The Balaban J connectivity index is 1.49. The molecular formula is C29H24Cl3NO5. The van der Waals surface area contributed by atoms with Gasteiger partial charge in [-0.3, -0.25) is 4.90 Å². The molecule has 38 heavy (non-hydrogen) atoms. The van der Waals surface area contributed by atoms with Crippen LogP contribution in [0.4, 0.5) is 4.79 Å². The van der Waals surface area contributed by atoms with Crippen LogP contribution in [0, 0.1) is 0 Å². The van der Waals surface area contributed by atoms with E-state index in [4.69, 9.17) is 49.0 Å². The minimum atomic E-state index is -1.14. The van der Waals surface area contributed by atoms with Crippen molar-refractivity contribution >= 4 is 46.9 Å². The molecule has 1 aliphatic heterocycles. The van der Waals surface area contributed by atoms with Crippen molar-refractivity contribution in [2.24, 2.45) is 0 Å². The molecule has 5 rings (SSSR count). The molecule has 1 amide bonds. The Bertz CT molecular complexity index is 1360. The second-order valence-electron chi connectivity index (χ2n) is 9.27. The van der Waals surface area contributed by atoms with E-state index >= 15 is 0 Å². The monoisotopic (exact) mass is 571 g/mol. The summed E-state index contributed by atoms with van der Waals surface area (Å²) in [5.74, 6) is -0.735. The molecule has 6 nitrogen and oxygen atoms in total. The van der Waals surface area contributed by atoms with Gasteiger partial charge in [0.1, 0.15) is 11.6 Å². The van der Waals surface area contributed by atoms with Crippen molar-refractivity contribution in [3.8, 4) is 0 Å². The van der Waals surface area contributed by atoms with Crippen LogP contribution in [0.3, 0.4) is 0 Å². The maximum absolute atomic E-state index is 13.5. The summed E-state index contributed by atoms with van der Waals surface area (Å²) in [6.45, 7) is 1.78. The Labute approximate surface area is 235 Å². The lowest BCUT2D eigenvalue weighted by molar-refractivity contribution is -0.101. The van der Waals surface area contributed by atoms with Crippen molar-refractivity contribution in [3.63, 3.8) is 0 Å². The van der Waals surface area contributed by atoms with E-state index in [1.165, 1.54) is 19.2 Å². The van der Waals surface area contributed by atoms with E-state index in [-0.39, 0.29) is 15.6 Å². The topological polar surface area (TPSA) is 65.1 Å². The van der Waals surface area contributed by atoms with Gasteiger partial charge in [0, 0.05) is 12.1 Å². The van der Waals surface area contributed by atoms with Crippen LogP contribution in [0.2, 0.25) is 15.1 Å². The van der Waals surface area contributed by atoms with Gasteiger partial charge in [0.05, 0.1) is 21.7 Å². The molecule has 0 saturated carbocycles. The zero-order valence-corrected chi connectivity index (χ0v) is 22.8. The number of carbonyl (C=O) groups is 2. The molecule has 0 radical (unpaired) electrons. The molecule has 9 heteroatoms. The molecule has 3 aromatic rings. The maximum atomic E-state index is 13.5. The van der Waals surface area contributed by atoms with Gasteiger partial charge in [-0.2, -0.15) is 0 Å². The second kappa shape index (κ2) is 10.6. The first-order valence-electron chi connectivity index (χ1n) is 11.9. The smallest absolute Gasteiger partial charge is 0.411 e. The Morgan fingerprint density at radius 1 is 0.921 bits per heavy atom. The second-order valence-corrected chi connectivity index (χ2v) is 10.5. The van der Waals surface area contributed by atoms with Gasteiger partial charge in [0.15, 0.2) is 12.2 Å². The van der Waals surface area contributed by atoms with Gasteiger partial charge in [-0.05, 0) is 36.3 Å². The van der Waals surface area contributed by atoms with Gasteiger partial charge in [-0.25, -0.2) is 9.59 Å². The summed E-state index contributed by atoms with van der Waals surface area (Å²) in [4.78, 5) is 28.3. The first-order valence-corrected chi connectivity index (χ1v) is 13.1. The Morgan fingerprint density at radius 3 is 2.08 bits per heavy atom. The largest absolute Gasteiger partial charge is 0.451 e. The summed E-state index contributed by atoms with van der Waals surface area (Å²) in [5.41, 5.74) is 0.631. The molecule has 196 valence electrons. The molecule has 1 aliphatic carbocycles. The molecule has 0 spiro atoms. The van der Waals surface area contributed by atoms with Crippen LogP contribution >= 0.6 is 34.8 Å². The molecule has 1 fully saturated rings. The first kappa shape index (κ1) is 26.6.